The molecule has 0 aliphatic rings. The van der Waals surface area contributed by atoms with Crippen molar-refractivity contribution >= 4 is 97.8 Å². The van der Waals surface area contributed by atoms with E-state index in [0.29, 0.717) is 11.8 Å². The molecule has 52 heavy (non-hydrogen) atoms. The number of anilines is 2. The first kappa shape index (κ1) is 43.9. The van der Waals surface area contributed by atoms with Gasteiger partial charge in [0, 0.05) is 28.7 Å². The van der Waals surface area contributed by atoms with Crippen LogP contribution in [0.25, 0.3) is 10.8 Å². The Morgan fingerprint density at radius 3 is 1.88 bits per heavy atom. The molecule has 0 aliphatic heterocycles. The fourth-order valence-corrected chi connectivity index (χ4v) is 8.44. The predicted molar refractivity (Wildman–Crippen MR) is 186 cm³/mol. The first-order chi connectivity index (χ1) is 23.7. The van der Waals surface area contributed by atoms with Gasteiger partial charge in [0.15, 0.2) is 10.3 Å². The van der Waals surface area contributed by atoms with Gasteiger partial charge in [-0.3, -0.25) is 13.7 Å². The van der Waals surface area contributed by atoms with E-state index in [4.69, 9.17) is 9.29 Å². The molecule has 276 valence electrons. The third kappa shape index (κ3) is 13.7. The molecule has 4 rings (SSSR count). The average Bonchev–Trinajstić information content (AvgIpc) is 3.02. The van der Waals surface area contributed by atoms with E-state index in [9.17, 15) is 47.3 Å². The predicted octanol–water partition coefficient (Wildman–Crippen LogP) is 1.09. The van der Waals surface area contributed by atoms with Crippen LogP contribution in [0, 0.1) is 0 Å². The number of methoxy groups -OCH3 is 1. The van der Waals surface area contributed by atoms with E-state index in [0.717, 1.165) is 29.6 Å². The fourth-order valence-electron chi connectivity index (χ4n) is 4.12. The van der Waals surface area contributed by atoms with Crippen molar-refractivity contribution in [2.24, 2.45) is 10.2 Å². The summed E-state index contributed by atoms with van der Waals surface area (Å²) in [6.07, 6.45) is 0.142. The van der Waals surface area contributed by atoms with Gasteiger partial charge in [0.2, 0.25) is 5.95 Å². The number of aromatic nitrogens is 3. The van der Waals surface area contributed by atoms with E-state index in [1.165, 1.54) is 37.4 Å². The number of thioether (sulfide) groups is 2. The maximum absolute atomic E-state index is 12.0. The molecule has 0 amide bonds. The second-order valence-electron chi connectivity index (χ2n) is 10.2. The maximum atomic E-state index is 12.0. The summed E-state index contributed by atoms with van der Waals surface area (Å²) >= 11 is 2.15. The third-order valence-electron chi connectivity index (χ3n) is 6.30. The molecule has 0 spiro atoms. The normalized spacial score (nSPS) is 12.6. The Labute approximate surface area is 329 Å². The molecule has 0 fully saturated rings. The molecule has 1 heterocycles. The van der Waals surface area contributed by atoms with E-state index >= 15 is 0 Å². The van der Waals surface area contributed by atoms with Crippen LogP contribution in [-0.2, 0) is 40.5 Å². The van der Waals surface area contributed by atoms with Crippen LogP contribution in [0.1, 0.15) is 12.8 Å². The van der Waals surface area contributed by atoms with Crippen molar-refractivity contribution in [3.63, 3.8) is 0 Å². The van der Waals surface area contributed by atoms with Crippen molar-refractivity contribution in [1.29, 1.82) is 0 Å². The molecular weight excluding hydrogens is 820 g/mol. The largest absolute Gasteiger partial charge is 1.00 e. The number of azo groups is 1. The van der Waals surface area contributed by atoms with Gasteiger partial charge in [-0.2, -0.15) is 50.4 Å². The van der Waals surface area contributed by atoms with Gasteiger partial charge in [-0.05, 0) is 54.6 Å². The van der Waals surface area contributed by atoms with Crippen LogP contribution in [0.2, 0.25) is 0 Å². The topological polar surface area (TPSA) is 305 Å². The summed E-state index contributed by atoms with van der Waals surface area (Å²) in [7, 11) is -16.9. The summed E-state index contributed by atoms with van der Waals surface area (Å²) in [5.41, 5.74) is 0.749. The van der Waals surface area contributed by atoms with Crippen molar-refractivity contribution < 1.29 is 86.2 Å². The molecular formula is C26H27N6NaO13S6. The third-order valence-corrected chi connectivity index (χ3v) is 11.5. The number of nitrogens with zero attached hydrogens (tertiary/aromatic N) is 5. The fraction of sp³-hybridized carbons (Fsp3) is 0.269. The Morgan fingerprint density at radius 2 is 1.35 bits per heavy atom. The number of hydrogen-bond acceptors (Lipinski definition) is 18. The molecule has 0 radical (unpaired) electrons. The second-order valence-corrected chi connectivity index (χ2v) is 18.2. The molecule has 0 atom stereocenters. The monoisotopic (exact) mass is 846 g/mol. The zero-order valence-corrected chi connectivity index (χ0v) is 33.9. The first-order valence-electron chi connectivity index (χ1n) is 14.0. The van der Waals surface area contributed by atoms with E-state index in [2.05, 4.69) is 30.5 Å². The van der Waals surface area contributed by atoms with Crippen LogP contribution in [-0.4, -0.2) is 97.0 Å². The van der Waals surface area contributed by atoms with Crippen molar-refractivity contribution in [2.75, 3.05) is 35.4 Å². The molecule has 3 aromatic carbocycles. The van der Waals surface area contributed by atoms with E-state index < -0.39 is 61.8 Å². The van der Waals surface area contributed by atoms with E-state index in [-0.39, 0.29) is 98.1 Å². The summed E-state index contributed by atoms with van der Waals surface area (Å²) in [5.74, 6) is -0.331. The van der Waals surface area contributed by atoms with Crippen LogP contribution < -0.4 is 39.6 Å². The zero-order valence-electron chi connectivity index (χ0n) is 27.0. The van der Waals surface area contributed by atoms with Crippen LogP contribution in [0.3, 0.4) is 0 Å². The number of hydrogen-bond donors (Lipinski definition) is 4. The Bertz CT molecular complexity index is 2360. The van der Waals surface area contributed by atoms with Crippen LogP contribution >= 0.6 is 23.5 Å². The molecule has 0 saturated heterocycles. The van der Waals surface area contributed by atoms with E-state index in [1.807, 2.05) is 0 Å². The molecule has 0 unspecified atom stereocenters. The van der Waals surface area contributed by atoms with Gasteiger partial charge in [-0.1, -0.05) is 29.6 Å². The quantitative estimate of drug-likeness (QED) is 0.0380. The standard InChI is InChI=1S/C26H28N6O13S6.Na/c1-45-22-14-18(32-31-17-5-4-16-12-19(50(39,40)41)15-23(20(16)13-17)51(42,43)44)6-7-21(22)27-24-28-25(46-8-2-10-48(33,34)35)30-26(29-24)47-9-3-11-49(36,37)38;/h4-7,12-15H,2-3,8-11H2,1H3,(H,33,34,35)(H,36,37,38)(H,39,40,41)(H,42,43,44)(H,27,28,29,30);/q;+1/p-1. The van der Waals surface area contributed by atoms with E-state index in [1.54, 1.807) is 6.07 Å². The number of rotatable bonds is 17. The molecule has 4 aromatic rings. The molecule has 19 nitrogen and oxygen atoms in total. The summed E-state index contributed by atoms with van der Waals surface area (Å²) in [5, 5.41) is 11.6. The van der Waals surface area contributed by atoms with Gasteiger partial charge in [0.1, 0.15) is 10.6 Å². The van der Waals surface area contributed by atoms with Crippen LogP contribution in [0.4, 0.5) is 23.0 Å². The Hall–Kier alpha value is -2.53. The minimum Gasteiger partial charge on any atom is -0.748 e. The van der Waals surface area contributed by atoms with Gasteiger partial charge in [0.25, 0.3) is 30.4 Å². The van der Waals surface area contributed by atoms with Gasteiger partial charge < -0.3 is 14.6 Å². The summed E-state index contributed by atoms with van der Waals surface area (Å²) in [6.45, 7) is 0. The van der Waals surface area contributed by atoms with Crippen molar-refractivity contribution in [3.05, 3.63) is 48.5 Å². The summed E-state index contributed by atoms with van der Waals surface area (Å²) in [6, 6.07) is 10.2. The number of nitrogens with one attached hydrogen (secondary N) is 1. The van der Waals surface area contributed by atoms with Gasteiger partial charge in [0.05, 0.1) is 44.9 Å². The molecule has 1 aromatic heterocycles. The number of fused-ring (bicyclic) bond motifs is 1. The minimum atomic E-state index is -4.92. The smallest absolute Gasteiger partial charge is 0.748 e. The van der Waals surface area contributed by atoms with Gasteiger partial charge in [-0.15, -0.1) is 0 Å². The number of benzene rings is 3. The van der Waals surface area contributed by atoms with Gasteiger partial charge >= 0.3 is 29.6 Å². The van der Waals surface area contributed by atoms with Crippen molar-refractivity contribution in [1.82, 2.24) is 15.0 Å². The Balaban J connectivity index is 0.00000729. The van der Waals surface area contributed by atoms with Crippen LogP contribution in [0.15, 0.2) is 78.9 Å². The zero-order chi connectivity index (χ0) is 37.6. The van der Waals surface area contributed by atoms with Gasteiger partial charge in [-0.25, -0.2) is 8.42 Å². The summed E-state index contributed by atoms with van der Waals surface area (Å²) in [4.78, 5) is 11.4. The van der Waals surface area contributed by atoms with Crippen LogP contribution in [0.5, 0.6) is 5.75 Å². The van der Waals surface area contributed by atoms with Crippen molar-refractivity contribution in [2.45, 2.75) is 32.9 Å². The minimum absolute atomic E-state index is 0. The first-order valence-corrected chi connectivity index (χ1v) is 22.0. The SMILES string of the molecule is COc1cc(N=Nc2ccc3cc(S(=O)(=O)O)cc(S(=O)(=O)O)c3c2)ccc1Nc1nc(SCCCS(=O)(=O)[O-])nc(SCCCS(=O)(=O)O)n1.[Na+]. The maximum Gasteiger partial charge on any atom is 1.00 e. The molecule has 0 aliphatic carbocycles. The van der Waals surface area contributed by atoms with Crippen molar-refractivity contribution in [3.8, 4) is 5.75 Å². The molecule has 26 heteroatoms. The second kappa shape index (κ2) is 18.2. The molecule has 4 N–H and O–H groups in total. The average molecular weight is 847 g/mol. The number of ether oxygens (including phenoxy) is 1. The Kier molecular flexibility index (Phi) is 15.4. The summed E-state index contributed by atoms with van der Waals surface area (Å²) < 4.78 is 136. The molecule has 0 saturated carbocycles. The molecule has 0 bridgehead atoms. The Morgan fingerprint density at radius 1 is 0.769 bits per heavy atom.